The van der Waals surface area contributed by atoms with Crippen LogP contribution in [-0.2, 0) is 0 Å². The van der Waals surface area contributed by atoms with Gasteiger partial charge in [0, 0.05) is 53.6 Å². The molecule has 0 aliphatic heterocycles. The SMILES string of the molecule is c1ccc(-c2cccc(N(c3cccc(-c4ccccc4-n4c5ccccc5c5cc(-c6ccccc6)ccc54)c3)c3ccc4sc5ccccc5c4c3)c2)cc1. The number of para-hydroxylation sites is 2. The summed E-state index contributed by atoms with van der Waals surface area (Å²) in [6.07, 6.45) is 0. The molecule has 57 heavy (non-hydrogen) atoms. The van der Waals surface area contributed by atoms with Crippen molar-refractivity contribution >= 4 is 70.4 Å². The predicted molar refractivity (Wildman–Crippen MR) is 245 cm³/mol. The van der Waals surface area contributed by atoms with Crippen LogP contribution in [-0.4, -0.2) is 4.57 Å². The zero-order valence-corrected chi connectivity index (χ0v) is 31.9. The van der Waals surface area contributed by atoms with Crippen LogP contribution in [0.5, 0.6) is 0 Å². The second-order valence-electron chi connectivity index (χ2n) is 14.5. The van der Waals surface area contributed by atoms with Gasteiger partial charge in [-0.2, -0.15) is 0 Å². The quantitative estimate of drug-likeness (QED) is 0.158. The molecule has 3 heteroatoms. The lowest BCUT2D eigenvalue weighted by Crippen LogP contribution is -2.10. The first-order chi connectivity index (χ1) is 28.3. The minimum Gasteiger partial charge on any atom is -0.310 e. The highest BCUT2D eigenvalue weighted by Gasteiger charge is 2.19. The molecule has 0 bridgehead atoms. The van der Waals surface area contributed by atoms with E-state index in [4.69, 9.17) is 0 Å². The number of fused-ring (bicyclic) bond motifs is 6. The topological polar surface area (TPSA) is 8.17 Å². The molecule has 0 aliphatic rings. The van der Waals surface area contributed by atoms with E-state index in [1.807, 2.05) is 11.3 Å². The monoisotopic (exact) mass is 744 g/mol. The van der Waals surface area contributed by atoms with Crippen LogP contribution in [0.1, 0.15) is 0 Å². The molecular formula is C54H36N2S. The average Bonchev–Trinajstić information content (AvgIpc) is 3.82. The molecule has 2 aromatic heterocycles. The molecule has 0 amide bonds. The van der Waals surface area contributed by atoms with Crippen molar-refractivity contribution in [2.24, 2.45) is 0 Å². The van der Waals surface area contributed by atoms with Gasteiger partial charge in [-0.3, -0.25) is 0 Å². The van der Waals surface area contributed by atoms with Crippen molar-refractivity contribution in [3.63, 3.8) is 0 Å². The largest absolute Gasteiger partial charge is 0.310 e. The van der Waals surface area contributed by atoms with Crippen molar-refractivity contribution in [2.75, 3.05) is 4.90 Å². The molecule has 0 atom stereocenters. The first-order valence-electron chi connectivity index (χ1n) is 19.4. The summed E-state index contributed by atoms with van der Waals surface area (Å²) in [5, 5.41) is 5.06. The van der Waals surface area contributed by atoms with Crippen molar-refractivity contribution in [2.45, 2.75) is 0 Å². The van der Waals surface area contributed by atoms with Crippen LogP contribution < -0.4 is 4.90 Å². The fraction of sp³-hybridized carbons (Fsp3) is 0. The van der Waals surface area contributed by atoms with E-state index in [-0.39, 0.29) is 0 Å². The first-order valence-corrected chi connectivity index (χ1v) is 20.2. The Morgan fingerprint density at radius 2 is 0.877 bits per heavy atom. The molecule has 2 nitrogen and oxygen atoms in total. The third-order valence-corrected chi connectivity index (χ3v) is 12.3. The molecule has 11 rings (SSSR count). The van der Waals surface area contributed by atoms with Gasteiger partial charge in [0.1, 0.15) is 0 Å². The van der Waals surface area contributed by atoms with E-state index >= 15 is 0 Å². The normalized spacial score (nSPS) is 11.5. The molecule has 0 N–H and O–H groups in total. The second kappa shape index (κ2) is 13.8. The highest BCUT2D eigenvalue weighted by molar-refractivity contribution is 7.25. The van der Waals surface area contributed by atoms with Gasteiger partial charge in [-0.25, -0.2) is 0 Å². The highest BCUT2D eigenvalue weighted by Crippen LogP contribution is 2.43. The van der Waals surface area contributed by atoms with E-state index in [1.165, 1.54) is 69.8 Å². The number of hydrogen-bond acceptors (Lipinski definition) is 2. The van der Waals surface area contributed by atoms with E-state index in [9.17, 15) is 0 Å². The molecule has 2 heterocycles. The van der Waals surface area contributed by atoms with Crippen LogP contribution in [0.3, 0.4) is 0 Å². The fourth-order valence-electron chi connectivity index (χ4n) is 8.52. The maximum absolute atomic E-state index is 2.44. The zero-order valence-electron chi connectivity index (χ0n) is 31.1. The molecule has 0 unspecified atom stereocenters. The summed E-state index contributed by atoms with van der Waals surface area (Å²) >= 11 is 1.85. The molecule has 11 aromatic rings. The number of aromatic nitrogens is 1. The lowest BCUT2D eigenvalue weighted by Gasteiger charge is -2.27. The summed E-state index contributed by atoms with van der Waals surface area (Å²) < 4.78 is 5.04. The maximum Gasteiger partial charge on any atom is 0.0541 e. The van der Waals surface area contributed by atoms with Gasteiger partial charge in [0.05, 0.1) is 16.7 Å². The maximum atomic E-state index is 2.44. The number of rotatable bonds is 7. The van der Waals surface area contributed by atoms with Crippen molar-refractivity contribution in [1.29, 1.82) is 0 Å². The Bertz CT molecular complexity index is 3250. The van der Waals surface area contributed by atoms with Crippen molar-refractivity contribution in [1.82, 2.24) is 4.57 Å². The molecule has 0 spiro atoms. The minimum atomic E-state index is 1.10. The first kappa shape index (κ1) is 33.2. The van der Waals surface area contributed by atoms with E-state index in [0.29, 0.717) is 0 Å². The lowest BCUT2D eigenvalue weighted by atomic mass is 10.0. The molecular weight excluding hydrogens is 709 g/mol. The number of anilines is 3. The summed E-state index contributed by atoms with van der Waals surface area (Å²) in [6.45, 7) is 0. The number of hydrogen-bond donors (Lipinski definition) is 0. The van der Waals surface area contributed by atoms with Gasteiger partial charge < -0.3 is 9.47 Å². The second-order valence-corrected chi connectivity index (χ2v) is 15.6. The van der Waals surface area contributed by atoms with Crippen LogP contribution >= 0.6 is 11.3 Å². The fourth-order valence-corrected chi connectivity index (χ4v) is 9.61. The molecule has 268 valence electrons. The molecule has 0 radical (unpaired) electrons. The van der Waals surface area contributed by atoms with Crippen molar-refractivity contribution < 1.29 is 0 Å². The lowest BCUT2D eigenvalue weighted by molar-refractivity contribution is 1.18. The Kier molecular flexibility index (Phi) is 8.04. The Morgan fingerprint density at radius 3 is 1.67 bits per heavy atom. The van der Waals surface area contributed by atoms with Gasteiger partial charge in [0.2, 0.25) is 0 Å². The smallest absolute Gasteiger partial charge is 0.0541 e. The average molecular weight is 745 g/mol. The third kappa shape index (κ3) is 5.80. The van der Waals surface area contributed by atoms with Crippen LogP contribution in [0, 0.1) is 0 Å². The number of thiophene rings is 1. The van der Waals surface area contributed by atoms with E-state index in [0.717, 1.165) is 28.3 Å². The molecule has 0 saturated carbocycles. The van der Waals surface area contributed by atoms with Gasteiger partial charge >= 0.3 is 0 Å². The summed E-state index contributed by atoms with van der Waals surface area (Å²) in [5.41, 5.74) is 14.0. The van der Waals surface area contributed by atoms with Crippen LogP contribution in [0.25, 0.3) is 81.0 Å². The number of nitrogens with zero attached hydrogens (tertiary/aromatic N) is 2. The molecule has 9 aromatic carbocycles. The Hall–Kier alpha value is -7.20. The molecule has 0 aliphatic carbocycles. The summed E-state index contributed by atoms with van der Waals surface area (Å²) in [7, 11) is 0. The van der Waals surface area contributed by atoms with Gasteiger partial charge in [-0.05, 0) is 101 Å². The van der Waals surface area contributed by atoms with E-state index in [1.54, 1.807) is 0 Å². The molecule has 0 fully saturated rings. The zero-order chi connectivity index (χ0) is 37.7. The Morgan fingerprint density at radius 1 is 0.316 bits per heavy atom. The van der Waals surface area contributed by atoms with Gasteiger partial charge in [-0.1, -0.05) is 146 Å². The number of benzene rings is 9. The summed E-state index contributed by atoms with van der Waals surface area (Å²) in [4.78, 5) is 2.41. The Labute approximate surface area is 335 Å². The standard InChI is InChI=1S/C54H36N2S/c1-3-15-37(16-4-1)39-19-13-21-42(33-39)55(44-30-32-54-49(36-44)47-25-9-12-28-53(47)57-54)43-22-14-20-41(34-43)45-23-7-10-26-50(45)56-51-27-11-8-24-46(51)48-35-40(29-31-52(48)56)38-17-5-2-6-18-38/h1-36H. The van der Waals surface area contributed by atoms with Gasteiger partial charge in [0.25, 0.3) is 0 Å². The van der Waals surface area contributed by atoms with Gasteiger partial charge in [-0.15, -0.1) is 11.3 Å². The Balaban J connectivity index is 1.09. The summed E-state index contributed by atoms with van der Waals surface area (Å²) in [5.74, 6) is 0. The third-order valence-electron chi connectivity index (χ3n) is 11.2. The van der Waals surface area contributed by atoms with E-state index in [2.05, 4.69) is 228 Å². The predicted octanol–water partition coefficient (Wildman–Crippen LogP) is 15.6. The molecule has 0 saturated heterocycles. The van der Waals surface area contributed by atoms with Crippen LogP contribution in [0.15, 0.2) is 218 Å². The van der Waals surface area contributed by atoms with Gasteiger partial charge in [0.15, 0.2) is 0 Å². The highest BCUT2D eigenvalue weighted by atomic mass is 32.1. The van der Waals surface area contributed by atoms with Crippen LogP contribution in [0.2, 0.25) is 0 Å². The van der Waals surface area contributed by atoms with Crippen molar-refractivity contribution in [3.8, 4) is 39.1 Å². The minimum absolute atomic E-state index is 1.10. The van der Waals surface area contributed by atoms with E-state index < -0.39 is 0 Å². The van der Waals surface area contributed by atoms with Crippen LogP contribution in [0.4, 0.5) is 17.1 Å². The summed E-state index contributed by atoms with van der Waals surface area (Å²) in [6, 6.07) is 79.4. The van der Waals surface area contributed by atoms with Crippen molar-refractivity contribution in [3.05, 3.63) is 218 Å².